The molecule has 2 aromatic carbocycles. The molecule has 0 aliphatic heterocycles. The van der Waals surface area contributed by atoms with Crippen LogP contribution in [0.4, 0.5) is 5.82 Å². The molecular formula is C24H25ClN6O. The Kier molecular flexibility index (Phi) is 6.97. The topological polar surface area (TPSA) is 84.2 Å². The molecule has 7 nitrogen and oxygen atoms in total. The molecule has 0 unspecified atom stereocenters. The summed E-state index contributed by atoms with van der Waals surface area (Å²) in [7, 11) is 0. The van der Waals surface area contributed by atoms with Crippen molar-refractivity contribution in [3.05, 3.63) is 88.7 Å². The van der Waals surface area contributed by atoms with Crippen LogP contribution in [0.25, 0.3) is 5.65 Å². The maximum atomic E-state index is 12.3. The van der Waals surface area contributed by atoms with E-state index in [1.165, 1.54) is 5.56 Å². The van der Waals surface area contributed by atoms with Gasteiger partial charge in [-0.15, -0.1) is 15.3 Å². The van der Waals surface area contributed by atoms with Crippen molar-refractivity contribution in [1.29, 1.82) is 0 Å². The predicted molar refractivity (Wildman–Crippen MR) is 126 cm³/mol. The number of nitrogens with one attached hydrogen (secondary N) is 2. The van der Waals surface area contributed by atoms with Gasteiger partial charge in [0.1, 0.15) is 5.82 Å². The van der Waals surface area contributed by atoms with E-state index in [-0.39, 0.29) is 11.8 Å². The summed E-state index contributed by atoms with van der Waals surface area (Å²) in [5, 5.41) is 20.0. The summed E-state index contributed by atoms with van der Waals surface area (Å²) < 4.78 is 1.68. The van der Waals surface area contributed by atoms with Gasteiger partial charge in [-0.2, -0.15) is 4.52 Å². The van der Waals surface area contributed by atoms with E-state index < -0.39 is 0 Å². The van der Waals surface area contributed by atoms with Crippen LogP contribution in [-0.4, -0.2) is 32.3 Å². The number of hydrogen-bond donors (Lipinski definition) is 2. The van der Waals surface area contributed by atoms with Crippen molar-refractivity contribution in [2.45, 2.75) is 32.2 Å². The summed E-state index contributed by atoms with van der Waals surface area (Å²) in [5.41, 5.74) is 2.95. The first kappa shape index (κ1) is 21.8. The van der Waals surface area contributed by atoms with Crippen LogP contribution in [-0.2, 0) is 17.8 Å². The molecule has 2 aromatic heterocycles. The van der Waals surface area contributed by atoms with Gasteiger partial charge in [0, 0.05) is 31.0 Å². The molecule has 0 saturated heterocycles. The Hall–Kier alpha value is -3.45. The van der Waals surface area contributed by atoms with Crippen LogP contribution >= 0.6 is 11.6 Å². The minimum atomic E-state index is -0.0125. The number of amides is 1. The van der Waals surface area contributed by atoms with E-state index in [0.29, 0.717) is 48.2 Å². The lowest BCUT2D eigenvalue weighted by molar-refractivity contribution is -0.121. The predicted octanol–water partition coefficient (Wildman–Crippen LogP) is 4.24. The number of fused-ring (bicyclic) bond motifs is 1. The number of rotatable bonds is 9. The molecule has 0 bridgehead atoms. The summed E-state index contributed by atoms with van der Waals surface area (Å²) in [6, 6.07) is 21.5. The van der Waals surface area contributed by atoms with Gasteiger partial charge in [-0.1, -0.05) is 61.0 Å². The molecule has 0 aliphatic rings. The molecule has 0 spiro atoms. The van der Waals surface area contributed by atoms with Crippen molar-refractivity contribution in [1.82, 2.24) is 25.1 Å². The van der Waals surface area contributed by atoms with Gasteiger partial charge < -0.3 is 10.6 Å². The summed E-state index contributed by atoms with van der Waals surface area (Å²) in [5.74, 6) is 1.60. The van der Waals surface area contributed by atoms with Gasteiger partial charge in [-0.05, 0) is 41.3 Å². The maximum absolute atomic E-state index is 12.3. The molecule has 1 atom stereocenters. The number of carbonyl (C=O) groups is 1. The zero-order valence-electron chi connectivity index (χ0n) is 17.8. The molecule has 1 amide bonds. The van der Waals surface area contributed by atoms with Gasteiger partial charge in [0.05, 0.1) is 0 Å². The molecule has 8 heteroatoms. The van der Waals surface area contributed by atoms with Crippen molar-refractivity contribution in [3.8, 4) is 0 Å². The highest BCUT2D eigenvalue weighted by Gasteiger charge is 2.12. The number of hydrogen-bond acceptors (Lipinski definition) is 5. The molecule has 4 aromatic rings. The van der Waals surface area contributed by atoms with E-state index in [4.69, 9.17) is 11.6 Å². The first-order chi connectivity index (χ1) is 15.6. The highest BCUT2D eigenvalue weighted by atomic mass is 35.5. The van der Waals surface area contributed by atoms with Crippen molar-refractivity contribution in [2.75, 3.05) is 11.9 Å². The highest BCUT2D eigenvalue weighted by molar-refractivity contribution is 6.30. The van der Waals surface area contributed by atoms with Crippen molar-refractivity contribution in [2.24, 2.45) is 0 Å². The van der Waals surface area contributed by atoms with E-state index in [0.717, 1.165) is 5.56 Å². The van der Waals surface area contributed by atoms with Crippen molar-refractivity contribution < 1.29 is 4.79 Å². The van der Waals surface area contributed by atoms with E-state index in [1.54, 1.807) is 4.52 Å². The van der Waals surface area contributed by atoms with Gasteiger partial charge in [-0.3, -0.25) is 4.79 Å². The van der Waals surface area contributed by atoms with Gasteiger partial charge >= 0.3 is 0 Å². The van der Waals surface area contributed by atoms with E-state index in [2.05, 4.69) is 45.0 Å². The normalized spacial score (nSPS) is 11.9. The highest BCUT2D eigenvalue weighted by Crippen LogP contribution is 2.14. The number of aryl methyl sites for hydroxylation is 1. The second kappa shape index (κ2) is 10.2. The molecule has 0 radical (unpaired) electrons. The quantitative estimate of drug-likeness (QED) is 0.400. The smallest absolute Gasteiger partial charge is 0.220 e. The number of anilines is 1. The van der Waals surface area contributed by atoms with Crippen molar-refractivity contribution in [3.63, 3.8) is 0 Å². The SMILES string of the molecule is C[C@H](CNC(=O)CCc1nnc2ccc(NCc3ccc(Cl)cc3)nn12)c1ccccc1. The largest absolute Gasteiger partial charge is 0.365 e. The number of carbonyl (C=O) groups excluding carboxylic acids is 1. The Morgan fingerprint density at radius 3 is 2.59 bits per heavy atom. The fourth-order valence-electron chi connectivity index (χ4n) is 3.36. The molecule has 0 aliphatic carbocycles. The standard InChI is InChI=1S/C24H25ClN6O/c1-17(19-5-3-2-4-6-19)15-27-24(32)14-13-23-29-28-22-12-11-21(30-31(22)23)26-16-18-7-9-20(25)10-8-18/h2-12,17H,13-16H2,1H3,(H,26,30)(H,27,32)/t17-/m1/s1. The average molecular weight is 449 g/mol. The van der Waals surface area contributed by atoms with E-state index >= 15 is 0 Å². The number of halogens is 1. The molecule has 0 saturated carbocycles. The van der Waals surface area contributed by atoms with Crippen LogP contribution in [0.5, 0.6) is 0 Å². The van der Waals surface area contributed by atoms with Gasteiger partial charge in [0.2, 0.25) is 5.91 Å². The first-order valence-corrected chi connectivity index (χ1v) is 11.0. The molecular weight excluding hydrogens is 424 g/mol. The van der Waals surface area contributed by atoms with Gasteiger partial charge in [0.15, 0.2) is 11.5 Å². The van der Waals surface area contributed by atoms with Gasteiger partial charge in [-0.25, -0.2) is 0 Å². The summed E-state index contributed by atoms with van der Waals surface area (Å²) in [4.78, 5) is 12.3. The lowest BCUT2D eigenvalue weighted by atomic mass is 10.0. The fraction of sp³-hybridized carbons (Fsp3) is 0.250. The van der Waals surface area contributed by atoms with Gasteiger partial charge in [0.25, 0.3) is 0 Å². The summed E-state index contributed by atoms with van der Waals surface area (Å²) in [6.07, 6.45) is 0.784. The zero-order chi connectivity index (χ0) is 22.3. The molecule has 164 valence electrons. The summed E-state index contributed by atoms with van der Waals surface area (Å²) in [6.45, 7) is 3.32. The maximum Gasteiger partial charge on any atom is 0.220 e. The molecule has 32 heavy (non-hydrogen) atoms. The Balaban J connectivity index is 1.32. The lowest BCUT2D eigenvalue weighted by Crippen LogP contribution is -2.27. The fourth-order valence-corrected chi connectivity index (χ4v) is 3.48. The van der Waals surface area contributed by atoms with E-state index in [9.17, 15) is 4.79 Å². The molecule has 2 N–H and O–H groups in total. The minimum Gasteiger partial charge on any atom is -0.365 e. The monoisotopic (exact) mass is 448 g/mol. The molecule has 0 fully saturated rings. The number of aromatic nitrogens is 4. The van der Waals surface area contributed by atoms with Crippen molar-refractivity contribution >= 4 is 29.0 Å². The minimum absolute atomic E-state index is 0.0125. The van der Waals surface area contributed by atoms with E-state index in [1.807, 2.05) is 54.6 Å². The third-order valence-electron chi connectivity index (χ3n) is 5.26. The molecule has 4 rings (SSSR count). The zero-order valence-corrected chi connectivity index (χ0v) is 18.6. The third kappa shape index (κ3) is 5.62. The van der Waals surface area contributed by atoms with Crippen LogP contribution in [0.3, 0.4) is 0 Å². The number of benzene rings is 2. The Morgan fingerprint density at radius 2 is 1.81 bits per heavy atom. The second-order valence-corrected chi connectivity index (χ2v) is 8.14. The third-order valence-corrected chi connectivity index (χ3v) is 5.52. The average Bonchev–Trinajstić information content (AvgIpc) is 3.23. The Bertz CT molecular complexity index is 1180. The first-order valence-electron chi connectivity index (χ1n) is 10.6. The van der Waals surface area contributed by atoms with Crippen LogP contribution in [0.2, 0.25) is 5.02 Å². The second-order valence-electron chi connectivity index (χ2n) is 7.70. The molecule has 2 heterocycles. The van der Waals surface area contributed by atoms with Crippen LogP contribution in [0.1, 0.15) is 36.2 Å². The number of nitrogens with zero attached hydrogens (tertiary/aromatic N) is 4. The Morgan fingerprint density at radius 1 is 1.03 bits per heavy atom. The lowest BCUT2D eigenvalue weighted by Gasteiger charge is -2.12. The van der Waals surface area contributed by atoms with Crippen LogP contribution in [0.15, 0.2) is 66.7 Å². The Labute approximate surface area is 191 Å². The van der Waals surface area contributed by atoms with Crippen LogP contribution in [0, 0.1) is 0 Å². The van der Waals surface area contributed by atoms with Crippen LogP contribution < -0.4 is 10.6 Å². The summed E-state index contributed by atoms with van der Waals surface area (Å²) >= 11 is 5.94.